The van der Waals surface area contributed by atoms with Crippen molar-refractivity contribution in [2.45, 2.75) is 12.8 Å². The van der Waals surface area contributed by atoms with Crippen molar-refractivity contribution in [2.75, 3.05) is 5.32 Å². The van der Waals surface area contributed by atoms with Gasteiger partial charge in [0.05, 0.1) is 9.21 Å². The van der Waals surface area contributed by atoms with Gasteiger partial charge in [-0.3, -0.25) is 9.59 Å². The molecule has 20 heavy (non-hydrogen) atoms. The molecule has 0 aliphatic carbocycles. The molecule has 1 aromatic carbocycles. The molecule has 0 saturated heterocycles. The number of aliphatic carboxylic acids is 1. The van der Waals surface area contributed by atoms with E-state index in [1.54, 1.807) is 36.4 Å². The first-order chi connectivity index (χ1) is 9.54. The predicted octanol–water partition coefficient (Wildman–Crippen LogP) is 3.67. The highest BCUT2D eigenvalue weighted by molar-refractivity contribution is 7.18. The minimum atomic E-state index is -0.822. The van der Waals surface area contributed by atoms with Crippen LogP contribution in [0.4, 0.5) is 5.69 Å². The van der Waals surface area contributed by atoms with Crippen molar-refractivity contribution in [3.63, 3.8) is 0 Å². The Morgan fingerprint density at radius 3 is 2.40 bits per heavy atom. The zero-order valence-corrected chi connectivity index (χ0v) is 12.0. The number of carbonyl (C=O) groups is 2. The molecule has 0 aliphatic heterocycles. The summed E-state index contributed by atoms with van der Waals surface area (Å²) >= 11 is 7.00. The van der Waals surface area contributed by atoms with Crippen molar-refractivity contribution < 1.29 is 14.7 Å². The van der Waals surface area contributed by atoms with Crippen molar-refractivity contribution >= 4 is 40.5 Å². The molecule has 1 amide bonds. The first-order valence-corrected chi connectivity index (χ1v) is 7.11. The fourth-order valence-corrected chi connectivity index (χ4v) is 2.57. The van der Waals surface area contributed by atoms with Crippen molar-refractivity contribution in [3.8, 4) is 0 Å². The molecule has 0 saturated carbocycles. The molecule has 1 aromatic heterocycles. The van der Waals surface area contributed by atoms with Gasteiger partial charge in [-0.15, -0.1) is 11.3 Å². The van der Waals surface area contributed by atoms with Gasteiger partial charge >= 0.3 is 5.97 Å². The molecule has 4 nitrogen and oxygen atoms in total. The molecule has 0 bridgehead atoms. The van der Waals surface area contributed by atoms with E-state index < -0.39 is 5.97 Å². The van der Waals surface area contributed by atoms with E-state index in [0.717, 1.165) is 5.56 Å². The standard InChI is InChI=1S/C14H12ClNO3S/c15-12-7-6-11(20-12)14(19)16-10-4-1-9(2-5-10)3-8-13(17)18/h1-2,4-7H,3,8H2,(H,16,19)(H,17,18). The second-order valence-corrected chi connectivity index (χ2v) is 5.86. The lowest BCUT2D eigenvalue weighted by atomic mass is 10.1. The minimum Gasteiger partial charge on any atom is -0.481 e. The number of benzene rings is 1. The molecule has 0 atom stereocenters. The van der Waals surface area contributed by atoms with E-state index >= 15 is 0 Å². The van der Waals surface area contributed by atoms with E-state index in [0.29, 0.717) is 21.3 Å². The molecule has 0 fully saturated rings. The first-order valence-electron chi connectivity index (χ1n) is 5.92. The largest absolute Gasteiger partial charge is 0.481 e. The van der Waals surface area contributed by atoms with Gasteiger partial charge in [-0.05, 0) is 36.2 Å². The van der Waals surface area contributed by atoms with Crippen LogP contribution in [0, 0.1) is 0 Å². The number of rotatable bonds is 5. The van der Waals surface area contributed by atoms with Gasteiger partial charge in [0.2, 0.25) is 0 Å². The van der Waals surface area contributed by atoms with Gasteiger partial charge in [-0.1, -0.05) is 23.7 Å². The fraction of sp³-hybridized carbons (Fsp3) is 0.143. The summed E-state index contributed by atoms with van der Waals surface area (Å²) in [6, 6.07) is 10.5. The number of aryl methyl sites for hydroxylation is 1. The highest BCUT2D eigenvalue weighted by atomic mass is 35.5. The van der Waals surface area contributed by atoms with Gasteiger partial charge in [-0.25, -0.2) is 0 Å². The summed E-state index contributed by atoms with van der Waals surface area (Å²) in [5.41, 5.74) is 1.59. The number of nitrogens with one attached hydrogen (secondary N) is 1. The molecule has 2 aromatic rings. The van der Waals surface area contributed by atoms with Crippen LogP contribution in [0.2, 0.25) is 4.34 Å². The summed E-state index contributed by atoms with van der Waals surface area (Å²) in [4.78, 5) is 22.9. The van der Waals surface area contributed by atoms with Crippen LogP contribution in [0.5, 0.6) is 0 Å². The minimum absolute atomic E-state index is 0.0966. The third kappa shape index (κ3) is 4.08. The zero-order valence-electron chi connectivity index (χ0n) is 10.4. The summed E-state index contributed by atoms with van der Waals surface area (Å²) in [7, 11) is 0. The van der Waals surface area contributed by atoms with Crippen LogP contribution in [-0.4, -0.2) is 17.0 Å². The van der Waals surface area contributed by atoms with Crippen molar-refractivity contribution in [1.82, 2.24) is 0 Å². The summed E-state index contributed by atoms with van der Waals surface area (Å²) in [6.07, 6.45) is 0.573. The lowest BCUT2D eigenvalue weighted by Crippen LogP contribution is -2.09. The normalized spacial score (nSPS) is 10.2. The number of amides is 1. The number of thiophene rings is 1. The highest BCUT2D eigenvalue weighted by Gasteiger charge is 2.08. The lowest BCUT2D eigenvalue weighted by Gasteiger charge is -2.05. The van der Waals surface area contributed by atoms with Gasteiger partial charge in [0, 0.05) is 12.1 Å². The summed E-state index contributed by atoms with van der Waals surface area (Å²) in [6.45, 7) is 0. The molecule has 0 radical (unpaired) electrons. The Kier molecular flexibility index (Phi) is 4.76. The highest BCUT2D eigenvalue weighted by Crippen LogP contribution is 2.22. The number of hydrogen-bond acceptors (Lipinski definition) is 3. The van der Waals surface area contributed by atoms with Crippen molar-refractivity contribution in [3.05, 3.63) is 51.2 Å². The summed E-state index contributed by atoms with van der Waals surface area (Å²) in [5.74, 6) is -1.03. The number of carbonyl (C=O) groups excluding carboxylic acids is 1. The quantitative estimate of drug-likeness (QED) is 0.885. The first kappa shape index (κ1) is 14.6. The lowest BCUT2D eigenvalue weighted by molar-refractivity contribution is -0.136. The number of carboxylic acid groups (broad SMARTS) is 1. The van der Waals surface area contributed by atoms with Crippen LogP contribution in [-0.2, 0) is 11.2 Å². The van der Waals surface area contributed by atoms with E-state index in [9.17, 15) is 9.59 Å². The van der Waals surface area contributed by atoms with Crippen LogP contribution in [0.25, 0.3) is 0 Å². The molecule has 104 valence electrons. The monoisotopic (exact) mass is 309 g/mol. The Labute approximate surface area is 125 Å². The summed E-state index contributed by atoms with van der Waals surface area (Å²) in [5, 5.41) is 11.4. The van der Waals surface area contributed by atoms with Crippen LogP contribution in [0.15, 0.2) is 36.4 Å². The van der Waals surface area contributed by atoms with Gasteiger partial charge in [0.25, 0.3) is 5.91 Å². The molecule has 6 heteroatoms. The van der Waals surface area contributed by atoms with Crippen LogP contribution in [0.3, 0.4) is 0 Å². The Balaban J connectivity index is 1.96. The summed E-state index contributed by atoms with van der Waals surface area (Å²) < 4.78 is 0.569. The molecule has 0 unspecified atom stereocenters. The van der Waals surface area contributed by atoms with Crippen LogP contribution < -0.4 is 5.32 Å². The number of hydrogen-bond donors (Lipinski definition) is 2. The Morgan fingerprint density at radius 1 is 1.15 bits per heavy atom. The van der Waals surface area contributed by atoms with E-state index in [-0.39, 0.29) is 12.3 Å². The van der Waals surface area contributed by atoms with Gasteiger partial charge in [0.15, 0.2) is 0 Å². The third-order valence-electron chi connectivity index (χ3n) is 2.64. The average molecular weight is 310 g/mol. The molecular weight excluding hydrogens is 298 g/mol. The number of halogens is 1. The Hall–Kier alpha value is -1.85. The molecule has 0 aliphatic rings. The van der Waals surface area contributed by atoms with Crippen molar-refractivity contribution in [1.29, 1.82) is 0 Å². The molecule has 1 heterocycles. The van der Waals surface area contributed by atoms with E-state index in [4.69, 9.17) is 16.7 Å². The number of anilines is 1. The van der Waals surface area contributed by atoms with E-state index in [1.165, 1.54) is 11.3 Å². The SMILES string of the molecule is O=C(O)CCc1ccc(NC(=O)c2ccc(Cl)s2)cc1. The Morgan fingerprint density at radius 2 is 1.85 bits per heavy atom. The molecule has 2 N–H and O–H groups in total. The van der Waals surface area contributed by atoms with Gasteiger partial charge in [0.1, 0.15) is 0 Å². The molecule has 2 rings (SSSR count). The third-order valence-corrected chi connectivity index (χ3v) is 3.87. The topological polar surface area (TPSA) is 66.4 Å². The zero-order chi connectivity index (χ0) is 14.5. The Bertz CT molecular complexity index is 622. The van der Waals surface area contributed by atoms with Crippen LogP contribution in [0.1, 0.15) is 21.7 Å². The maximum Gasteiger partial charge on any atom is 0.303 e. The van der Waals surface area contributed by atoms with E-state index in [2.05, 4.69) is 5.32 Å². The van der Waals surface area contributed by atoms with E-state index in [1.807, 2.05) is 0 Å². The molecule has 0 spiro atoms. The molecular formula is C14H12ClNO3S. The maximum atomic E-state index is 11.9. The van der Waals surface area contributed by atoms with Gasteiger partial charge in [-0.2, -0.15) is 0 Å². The predicted molar refractivity (Wildman–Crippen MR) is 79.7 cm³/mol. The second kappa shape index (κ2) is 6.54. The maximum absolute atomic E-state index is 11.9. The smallest absolute Gasteiger partial charge is 0.303 e. The fourth-order valence-electron chi connectivity index (χ4n) is 1.64. The number of carboxylic acids is 1. The average Bonchev–Trinajstić information content (AvgIpc) is 2.85. The van der Waals surface area contributed by atoms with Gasteiger partial charge < -0.3 is 10.4 Å². The van der Waals surface area contributed by atoms with Crippen LogP contribution >= 0.6 is 22.9 Å². The van der Waals surface area contributed by atoms with Crippen molar-refractivity contribution in [2.24, 2.45) is 0 Å². The second-order valence-electron chi connectivity index (χ2n) is 4.15.